The minimum absolute atomic E-state index is 0.671. The van der Waals surface area contributed by atoms with Gasteiger partial charge in [0.2, 0.25) is 0 Å². The zero-order valence-corrected chi connectivity index (χ0v) is 11.1. The molecule has 0 aliphatic rings. The molecule has 1 N–H and O–H groups in total. The molecule has 1 nitrogen and oxygen atoms in total. The number of hydrogen-bond acceptors (Lipinski definition) is 1. The lowest BCUT2D eigenvalue weighted by atomic mass is 10.0. The molecule has 0 heterocycles. The van der Waals surface area contributed by atoms with Crippen LogP contribution >= 0.6 is 11.6 Å². The molecule has 1 atom stereocenters. The lowest BCUT2D eigenvalue weighted by Crippen LogP contribution is -2.27. The first-order valence-electron chi connectivity index (χ1n) is 6.24. The van der Waals surface area contributed by atoms with Crippen molar-refractivity contribution in [1.29, 1.82) is 0 Å². The predicted octanol–water partition coefficient (Wildman–Crippen LogP) is 4.05. The zero-order valence-electron chi connectivity index (χ0n) is 10.3. The van der Waals surface area contributed by atoms with Crippen molar-refractivity contribution in [3.8, 4) is 0 Å². The van der Waals surface area contributed by atoms with Gasteiger partial charge in [-0.25, -0.2) is 0 Å². The Morgan fingerprint density at radius 3 is 2.75 bits per heavy atom. The molecule has 0 bridgehead atoms. The molecule has 0 aliphatic carbocycles. The van der Waals surface area contributed by atoms with Gasteiger partial charge in [0.1, 0.15) is 0 Å². The monoisotopic (exact) mass is 239 g/mol. The van der Waals surface area contributed by atoms with Crippen LogP contribution in [0.4, 0.5) is 0 Å². The lowest BCUT2D eigenvalue weighted by molar-refractivity contribution is 0.467. The average molecular weight is 240 g/mol. The van der Waals surface area contributed by atoms with Crippen LogP contribution in [0.5, 0.6) is 0 Å². The molecule has 1 unspecified atom stereocenters. The van der Waals surface area contributed by atoms with E-state index in [1.165, 1.54) is 24.8 Å². The van der Waals surface area contributed by atoms with Crippen molar-refractivity contribution < 1.29 is 0 Å². The van der Waals surface area contributed by atoms with Crippen LogP contribution in [-0.4, -0.2) is 12.6 Å². The van der Waals surface area contributed by atoms with Gasteiger partial charge in [-0.05, 0) is 49.9 Å². The van der Waals surface area contributed by atoms with Gasteiger partial charge in [0.15, 0.2) is 0 Å². The van der Waals surface area contributed by atoms with Crippen LogP contribution in [-0.2, 0) is 6.42 Å². The Bertz CT molecular complexity index is 299. The van der Waals surface area contributed by atoms with E-state index >= 15 is 0 Å². The smallest absolute Gasteiger partial charge is 0.0408 e. The summed E-state index contributed by atoms with van der Waals surface area (Å²) < 4.78 is 0. The number of aryl methyl sites for hydroxylation is 1. The highest BCUT2D eigenvalue weighted by molar-refractivity contribution is 6.30. The SMILES string of the molecule is CCNC(CC)CCCc1cccc(Cl)c1. The van der Waals surface area contributed by atoms with E-state index < -0.39 is 0 Å². The van der Waals surface area contributed by atoms with Gasteiger partial charge in [-0.1, -0.05) is 37.6 Å². The highest BCUT2D eigenvalue weighted by Crippen LogP contribution is 2.13. The molecule has 1 aromatic rings. The van der Waals surface area contributed by atoms with E-state index in [1.54, 1.807) is 0 Å². The Kier molecular flexibility index (Phi) is 6.51. The summed E-state index contributed by atoms with van der Waals surface area (Å²) in [5.41, 5.74) is 1.35. The summed E-state index contributed by atoms with van der Waals surface area (Å²) in [5, 5.41) is 4.35. The molecule has 0 saturated carbocycles. The van der Waals surface area contributed by atoms with Gasteiger partial charge in [-0.15, -0.1) is 0 Å². The maximum absolute atomic E-state index is 5.95. The minimum atomic E-state index is 0.671. The minimum Gasteiger partial charge on any atom is -0.314 e. The second-order valence-corrected chi connectivity index (χ2v) is 4.62. The molecule has 90 valence electrons. The van der Waals surface area contributed by atoms with E-state index in [0.717, 1.165) is 18.0 Å². The Morgan fingerprint density at radius 1 is 1.31 bits per heavy atom. The van der Waals surface area contributed by atoms with Crippen molar-refractivity contribution in [2.45, 2.75) is 45.6 Å². The molecular weight excluding hydrogens is 218 g/mol. The number of rotatable bonds is 7. The molecule has 1 aromatic carbocycles. The van der Waals surface area contributed by atoms with Crippen LogP contribution in [0.3, 0.4) is 0 Å². The Balaban J connectivity index is 2.29. The highest BCUT2D eigenvalue weighted by Gasteiger charge is 2.03. The third kappa shape index (κ3) is 5.00. The molecule has 0 saturated heterocycles. The van der Waals surface area contributed by atoms with Crippen LogP contribution in [0.2, 0.25) is 5.02 Å². The van der Waals surface area contributed by atoms with Crippen molar-refractivity contribution in [2.24, 2.45) is 0 Å². The van der Waals surface area contributed by atoms with Crippen molar-refractivity contribution >= 4 is 11.6 Å². The number of benzene rings is 1. The average Bonchev–Trinajstić information content (AvgIpc) is 2.28. The maximum Gasteiger partial charge on any atom is 0.0408 e. The van der Waals surface area contributed by atoms with E-state index in [9.17, 15) is 0 Å². The highest BCUT2D eigenvalue weighted by atomic mass is 35.5. The summed E-state index contributed by atoms with van der Waals surface area (Å²) in [4.78, 5) is 0. The molecule has 0 aliphatic heterocycles. The molecule has 0 aromatic heterocycles. The molecule has 0 amide bonds. The van der Waals surface area contributed by atoms with Gasteiger partial charge in [0.25, 0.3) is 0 Å². The lowest BCUT2D eigenvalue weighted by Gasteiger charge is -2.15. The van der Waals surface area contributed by atoms with E-state index in [1.807, 2.05) is 12.1 Å². The van der Waals surface area contributed by atoms with Gasteiger partial charge < -0.3 is 5.32 Å². The molecular formula is C14H22ClN. The summed E-state index contributed by atoms with van der Waals surface area (Å²) in [6, 6.07) is 8.84. The normalized spacial score (nSPS) is 12.7. The van der Waals surface area contributed by atoms with Crippen LogP contribution in [0, 0.1) is 0 Å². The fourth-order valence-electron chi connectivity index (χ4n) is 1.98. The van der Waals surface area contributed by atoms with Crippen molar-refractivity contribution in [3.05, 3.63) is 34.9 Å². The Hall–Kier alpha value is -0.530. The number of nitrogens with one attached hydrogen (secondary N) is 1. The molecule has 2 heteroatoms. The van der Waals surface area contributed by atoms with E-state index in [-0.39, 0.29) is 0 Å². The molecule has 1 rings (SSSR count). The zero-order chi connectivity index (χ0) is 11.8. The van der Waals surface area contributed by atoms with E-state index in [4.69, 9.17) is 11.6 Å². The topological polar surface area (TPSA) is 12.0 Å². The van der Waals surface area contributed by atoms with Crippen LogP contribution in [0.1, 0.15) is 38.7 Å². The molecule has 16 heavy (non-hydrogen) atoms. The second kappa shape index (κ2) is 7.70. The fraction of sp³-hybridized carbons (Fsp3) is 0.571. The summed E-state index contributed by atoms with van der Waals surface area (Å²) in [6.45, 7) is 5.47. The first-order chi connectivity index (χ1) is 7.76. The molecule has 0 radical (unpaired) electrons. The van der Waals surface area contributed by atoms with Crippen molar-refractivity contribution in [1.82, 2.24) is 5.32 Å². The van der Waals surface area contributed by atoms with Gasteiger partial charge in [-0.2, -0.15) is 0 Å². The quantitative estimate of drug-likeness (QED) is 0.757. The summed E-state index contributed by atoms with van der Waals surface area (Å²) in [7, 11) is 0. The van der Waals surface area contributed by atoms with Crippen molar-refractivity contribution in [3.63, 3.8) is 0 Å². The van der Waals surface area contributed by atoms with Gasteiger partial charge in [-0.3, -0.25) is 0 Å². The third-order valence-corrected chi connectivity index (χ3v) is 3.13. The van der Waals surface area contributed by atoms with Crippen LogP contribution < -0.4 is 5.32 Å². The van der Waals surface area contributed by atoms with E-state index in [2.05, 4.69) is 31.3 Å². The van der Waals surface area contributed by atoms with Gasteiger partial charge >= 0.3 is 0 Å². The largest absolute Gasteiger partial charge is 0.314 e. The molecule has 0 fully saturated rings. The Morgan fingerprint density at radius 2 is 2.12 bits per heavy atom. The Labute approximate surface area is 104 Å². The third-order valence-electron chi connectivity index (χ3n) is 2.89. The van der Waals surface area contributed by atoms with Crippen LogP contribution in [0.25, 0.3) is 0 Å². The summed E-state index contributed by atoms with van der Waals surface area (Å²) in [6.07, 6.45) is 4.81. The first-order valence-corrected chi connectivity index (χ1v) is 6.61. The van der Waals surface area contributed by atoms with Crippen LogP contribution in [0.15, 0.2) is 24.3 Å². The standard InChI is InChI=1S/C14H22ClN/c1-3-14(16-4-2)10-6-8-12-7-5-9-13(15)11-12/h5,7,9,11,14,16H,3-4,6,8,10H2,1-2H3. The fourth-order valence-corrected chi connectivity index (χ4v) is 2.20. The van der Waals surface area contributed by atoms with Gasteiger partial charge in [0.05, 0.1) is 0 Å². The van der Waals surface area contributed by atoms with Gasteiger partial charge in [0, 0.05) is 11.1 Å². The van der Waals surface area contributed by atoms with Crippen molar-refractivity contribution in [2.75, 3.05) is 6.54 Å². The predicted molar refractivity (Wildman–Crippen MR) is 72.1 cm³/mol. The summed E-state index contributed by atoms with van der Waals surface area (Å²) in [5.74, 6) is 0. The second-order valence-electron chi connectivity index (χ2n) is 4.18. The summed E-state index contributed by atoms with van der Waals surface area (Å²) >= 11 is 5.95. The maximum atomic E-state index is 5.95. The number of halogens is 1. The number of hydrogen-bond donors (Lipinski definition) is 1. The molecule has 0 spiro atoms. The first kappa shape index (κ1) is 13.5. The van der Waals surface area contributed by atoms with E-state index in [0.29, 0.717) is 6.04 Å².